The highest BCUT2D eigenvalue weighted by Crippen LogP contribution is 2.23. The Morgan fingerprint density at radius 3 is 2.79 bits per heavy atom. The fourth-order valence-electron chi connectivity index (χ4n) is 1.94. The first-order valence-electron chi connectivity index (χ1n) is 5.98. The molecule has 1 aromatic carbocycles. The van der Waals surface area contributed by atoms with Gasteiger partial charge in [-0.2, -0.15) is 16.1 Å². The van der Waals surface area contributed by atoms with Crippen LogP contribution in [0.4, 0.5) is 4.39 Å². The van der Waals surface area contributed by atoms with Gasteiger partial charge in [-0.05, 0) is 29.9 Å². The van der Waals surface area contributed by atoms with Gasteiger partial charge in [-0.15, -0.1) is 11.6 Å². The van der Waals surface area contributed by atoms with Crippen LogP contribution >= 0.6 is 23.4 Å². The smallest absolute Gasteiger partial charge is 0.207 e. The Bertz CT molecular complexity index is 543. The lowest BCUT2D eigenvalue weighted by molar-refractivity contribution is 0.430. The van der Waals surface area contributed by atoms with Crippen molar-refractivity contribution in [3.63, 3.8) is 0 Å². The summed E-state index contributed by atoms with van der Waals surface area (Å²) < 4.78 is 40.1. The van der Waals surface area contributed by atoms with Crippen LogP contribution in [-0.2, 0) is 15.9 Å². The van der Waals surface area contributed by atoms with Gasteiger partial charge in [0.15, 0.2) is 0 Å². The number of halogens is 2. The molecule has 0 amide bonds. The first-order chi connectivity index (χ1) is 9.05. The van der Waals surface area contributed by atoms with E-state index < -0.39 is 15.8 Å². The van der Waals surface area contributed by atoms with E-state index in [0.29, 0.717) is 18.7 Å². The van der Waals surface area contributed by atoms with E-state index in [2.05, 4.69) is 0 Å². The van der Waals surface area contributed by atoms with E-state index >= 15 is 0 Å². The number of thioether (sulfide) groups is 1. The second-order valence-corrected chi connectivity index (χ2v) is 7.67. The lowest BCUT2D eigenvalue weighted by Gasteiger charge is -2.20. The minimum atomic E-state index is -3.74. The molecule has 3 nitrogen and oxygen atoms in total. The molecular formula is C12H15ClFNO2S2. The van der Waals surface area contributed by atoms with Crippen molar-refractivity contribution in [3.8, 4) is 0 Å². The maximum atomic E-state index is 13.9. The molecule has 0 aliphatic carbocycles. The van der Waals surface area contributed by atoms with E-state index in [1.54, 1.807) is 17.8 Å². The number of alkyl halides is 1. The zero-order valence-electron chi connectivity index (χ0n) is 10.3. The summed E-state index contributed by atoms with van der Waals surface area (Å²) in [5, 5.41) is 0. The third-order valence-corrected chi connectivity index (χ3v) is 6.24. The van der Waals surface area contributed by atoms with Crippen LogP contribution in [0, 0.1) is 5.82 Å². The minimum Gasteiger partial charge on any atom is -0.207 e. The van der Waals surface area contributed by atoms with Crippen LogP contribution in [-0.4, -0.2) is 37.3 Å². The molecule has 0 saturated carbocycles. The highest BCUT2D eigenvalue weighted by molar-refractivity contribution is 7.99. The summed E-state index contributed by atoms with van der Waals surface area (Å²) in [5.74, 6) is 1.13. The summed E-state index contributed by atoms with van der Waals surface area (Å²) >= 11 is 7.33. The molecule has 0 bridgehead atoms. The fraction of sp³-hybridized carbons (Fsp3) is 0.500. The van der Waals surface area contributed by atoms with Crippen molar-refractivity contribution in [2.45, 2.75) is 17.2 Å². The molecular weight excluding hydrogens is 309 g/mol. The van der Waals surface area contributed by atoms with Gasteiger partial charge in [-0.1, -0.05) is 6.07 Å². The van der Waals surface area contributed by atoms with Crippen molar-refractivity contribution in [2.24, 2.45) is 0 Å². The second-order valence-electron chi connectivity index (χ2n) is 4.27. The van der Waals surface area contributed by atoms with Gasteiger partial charge in [0.2, 0.25) is 10.0 Å². The van der Waals surface area contributed by atoms with Gasteiger partial charge in [0.05, 0.1) is 0 Å². The average molecular weight is 324 g/mol. The van der Waals surface area contributed by atoms with Crippen molar-refractivity contribution in [2.75, 3.05) is 24.6 Å². The SMILES string of the molecule is O=S(=O)(c1ccc(CCl)cc1F)N1CCCSCC1. The Labute approximate surface area is 122 Å². The topological polar surface area (TPSA) is 37.4 Å². The highest BCUT2D eigenvalue weighted by Gasteiger charge is 2.27. The Morgan fingerprint density at radius 1 is 1.32 bits per heavy atom. The maximum absolute atomic E-state index is 13.9. The summed E-state index contributed by atoms with van der Waals surface area (Å²) in [6.07, 6.45) is 0.797. The quantitative estimate of drug-likeness (QED) is 0.803. The van der Waals surface area contributed by atoms with Crippen molar-refractivity contribution in [1.29, 1.82) is 0 Å². The molecule has 7 heteroatoms. The monoisotopic (exact) mass is 323 g/mol. The van der Waals surface area contributed by atoms with E-state index in [-0.39, 0.29) is 10.8 Å². The number of hydrogen-bond donors (Lipinski definition) is 0. The van der Waals surface area contributed by atoms with Gasteiger partial charge in [-0.25, -0.2) is 12.8 Å². The van der Waals surface area contributed by atoms with E-state index in [1.165, 1.54) is 16.4 Å². The number of hydrogen-bond acceptors (Lipinski definition) is 3. The molecule has 0 unspecified atom stereocenters. The van der Waals surface area contributed by atoms with Crippen LogP contribution in [0.25, 0.3) is 0 Å². The molecule has 1 saturated heterocycles. The lowest BCUT2D eigenvalue weighted by atomic mass is 10.2. The average Bonchev–Trinajstić information content (AvgIpc) is 2.67. The predicted molar refractivity (Wildman–Crippen MR) is 76.7 cm³/mol. The van der Waals surface area contributed by atoms with Crippen molar-refractivity contribution >= 4 is 33.4 Å². The largest absolute Gasteiger partial charge is 0.246 e. The lowest BCUT2D eigenvalue weighted by Crippen LogP contribution is -2.33. The van der Waals surface area contributed by atoms with Gasteiger partial charge < -0.3 is 0 Å². The molecule has 0 atom stereocenters. The number of nitrogens with zero attached hydrogens (tertiary/aromatic N) is 1. The van der Waals surface area contributed by atoms with Gasteiger partial charge >= 0.3 is 0 Å². The predicted octanol–water partition coefficient (Wildman–Crippen LogP) is 2.69. The molecule has 0 spiro atoms. The van der Waals surface area contributed by atoms with E-state index in [0.717, 1.165) is 17.9 Å². The fourth-order valence-corrected chi connectivity index (χ4v) is 4.63. The van der Waals surface area contributed by atoms with Gasteiger partial charge in [0, 0.05) is 24.7 Å². The van der Waals surface area contributed by atoms with Crippen LogP contribution in [0.15, 0.2) is 23.1 Å². The molecule has 0 aromatic heterocycles. The Balaban J connectivity index is 2.32. The zero-order chi connectivity index (χ0) is 13.9. The number of rotatable bonds is 3. The number of benzene rings is 1. The molecule has 0 N–H and O–H groups in total. The van der Waals surface area contributed by atoms with Crippen LogP contribution in [0.2, 0.25) is 0 Å². The van der Waals surface area contributed by atoms with E-state index in [9.17, 15) is 12.8 Å². The van der Waals surface area contributed by atoms with Crippen molar-refractivity contribution in [1.82, 2.24) is 4.31 Å². The van der Waals surface area contributed by atoms with E-state index in [4.69, 9.17) is 11.6 Å². The third kappa shape index (κ3) is 3.42. The molecule has 1 heterocycles. The number of sulfonamides is 1. The van der Waals surface area contributed by atoms with Crippen LogP contribution in [0.1, 0.15) is 12.0 Å². The third-order valence-electron chi connectivity index (χ3n) is 2.95. The maximum Gasteiger partial charge on any atom is 0.246 e. The standard InChI is InChI=1S/C12H15ClFNO2S2/c13-9-10-2-3-12(11(14)8-10)19(16,17)15-4-1-6-18-7-5-15/h2-3,8H,1,4-7,9H2. The van der Waals surface area contributed by atoms with Crippen LogP contribution in [0.3, 0.4) is 0 Å². The zero-order valence-corrected chi connectivity index (χ0v) is 12.7. The summed E-state index contributed by atoms with van der Waals surface area (Å²) in [6.45, 7) is 0.885. The summed E-state index contributed by atoms with van der Waals surface area (Å²) in [5.41, 5.74) is 0.574. The highest BCUT2D eigenvalue weighted by atomic mass is 35.5. The Kier molecular flexibility index (Phi) is 5.11. The molecule has 1 aromatic rings. The van der Waals surface area contributed by atoms with Crippen LogP contribution in [0.5, 0.6) is 0 Å². The molecule has 0 radical (unpaired) electrons. The first-order valence-corrected chi connectivity index (χ1v) is 9.11. The normalized spacial score (nSPS) is 18.2. The van der Waals surface area contributed by atoms with Crippen LogP contribution < -0.4 is 0 Å². The van der Waals surface area contributed by atoms with Crippen molar-refractivity contribution < 1.29 is 12.8 Å². The Hall–Kier alpha value is -0.300. The summed E-state index contributed by atoms with van der Waals surface area (Å²) in [4.78, 5) is -0.256. The first kappa shape index (κ1) is 15.1. The molecule has 106 valence electrons. The molecule has 1 aliphatic rings. The van der Waals surface area contributed by atoms with E-state index in [1.807, 2.05) is 0 Å². The van der Waals surface area contributed by atoms with Gasteiger partial charge in [0.25, 0.3) is 0 Å². The molecule has 2 rings (SSSR count). The summed E-state index contributed by atoms with van der Waals surface area (Å²) in [7, 11) is -3.74. The summed E-state index contributed by atoms with van der Waals surface area (Å²) in [6, 6.07) is 4.04. The van der Waals surface area contributed by atoms with Gasteiger partial charge in [0.1, 0.15) is 10.7 Å². The van der Waals surface area contributed by atoms with Crippen molar-refractivity contribution in [3.05, 3.63) is 29.6 Å². The molecule has 19 heavy (non-hydrogen) atoms. The minimum absolute atomic E-state index is 0.164. The second kappa shape index (κ2) is 6.43. The Morgan fingerprint density at radius 2 is 2.11 bits per heavy atom. The molecule has 1 fully saturated rings. The van der Waals surface area contributed by atoms with Gasteiger partial charge in [-0.3, -0.25) is 0 Å². The molecule has 1 aliphatic heterocycles.